The van der Waals surface area contributed by atoms with Crippen LogP contribution in [0.15, 0.2) is 0 Å². The first-order valence-corrected chi connectivity index (χ1v) is 4.68. The molecule has 2 aliphatic heterocycles. The summed E-state index contributed by atoms with van der Waals surface area (Å²) in [6.45, 7) is 0. The fraction of sp³-hybridized carbons (Fsp3) is 1.00. The van der Waals surface area contributed by atoms with Gasteiger partial charge in [0.15, 0.2) is 0 Å². The lowest BCUT2D eigenvalue weighted by atomic mass is 9.63. The fourth-order valence-electron chi connectivity index (χ4n) is 3.47. The molecule has 11 heavy (non-hydrogen) atoms. The van der Waals surface area contributed by atoms with Crippen LogP contribution in [-0.4, -0.2) is 17.8 Å². The molecule has 2 heterocycles. The van der Waals surface area contributed by atoms with Gasteiger partial charge in [0.1, 0.15) is 5.67 Å². The van der Waals surface area contributed by atoms with Crippen molar-refractivity contribution in [1.29, 1.82) is 0 Å². The molecule has 2 atom stereocenters. The molecule has 1 nitrogen and oxygen atoms in total. The number of piperidine rings is 2. The predicted octanol–water partition coefficient (Wildman–Crippen LogP) is 1.63. The molecule has 0 aromatic rings. The summed E-state index contributed by atoms with van der Waals surface area (Å²) < 4.78 is 13.8. The summed E-state index contributed by atoms with van der Waals surface area (Å²) in [5.41, 5.74) is -0.762. The van der Waals surface area contributed by atoms with Gasteiger partial charge in [-0.25, -0.2) is 4.39 Å². The first-order chi connectivity index (χ1) is 5.23. The quantitative estimate of drug-likeness (QED) is 0.560. The second-order valence-corrected chi connectivity index (χ2v) is 4.66. The topological polar surface area (TPSA) is 12.0 Å². The molecule has 0 radical (unpaired) electrons. The van der Waals surface area contributed by atoms with Crippen LogP contribution in [0.3, 0.4) is 0 Å². The van der Waals surface area contributed by atoms with Crippen LogP contribution in [0, 0.1) is 5.92 Å². The van der Waals surface area contributed by atoms with Crippen LogP contribution in [-0.2, 0) is 0 Å². The zero-order valence-electron chi connectivity index (χ0n) is 6.65. The van der Waals surface area contributed by atoms with Gasteiger partial charge in [0.2, 0.25) is 0 Å². The van der Waals surface area contributed by atoms with Crippen molar-refractivity contribution in [2.24, 2.45) is 5.92 Å². The van der Waals surface area contributed by atoms with E-state index in [-0.39, 0.29) is 0 Å². The average Bonchev–Trinajstić information content (AvgIpc) is 1.79. The summed E-state index contributed by atoms with van der Waals surface area (Å²) in [6, 6.07) is 1.04. The lowest BCUT2D eigenvalue weighted by Gasteiger charge is -2.53. The number of halogens is 1. The third-order valence-corrected chi connectivity index (χ3v) is 3.59. The molecule has 2 heteroatoms. The Balaban J connectivity index is 1.94. The van der Waals surface area contributed by atoms with E-state index >= 15 is 0 Å². The lowest BCUT2D eigenvalue weighted by molar-refractivity contribution is -0.0431. The number of hydrogen-bond acceptors (Lipinski definition) is 1. The largest absolute Gasteiger partial charge is 0.311 e. The van der Waals surface area contributed by atoms with E-state index in [0.29, 0.717) is 18.0 Å². The third-order valence-electron chi connectivity index (χ3n) is 3.59. The Kier molecular flexibility index (Phi) is 1.04. The van der Waals surface area contributed by atoms with E-state index in [2.05, 4.69) is 5.32 Å². The molecule has 62 valence electrons. The molecule has 0 spiro atoms. The van der Waals surface area contributed by atoms with Crippen LogP contribution < -0.4 is 5.32 Å². The maximum absolute atomic E-state index is 13.8. The maximum Gasteiger partial charge on any atom is 0.114 e. The van der Waals surface area contributed by atoms with Gasteiger partial charge in [-0.3, -0.25) is 0 Å². The molecular formula is C9H14FN. The van der Waals surface area contributed by atoms with Gasteiger partial charge in [0.25, 0.3) is 0 Å². The summed E-state index contributed by atoms with van der Waals surface area (Å²) >= 11 is 0. The van der Waals surface area contributed by atoms with Crippen molar-refractivity contribution in [2.45, 2.75) is 49.9 Å². The SMILES string of the molecule is FC12CC3CC(C1)NC(C3)C2. The summed E-state index contributed by atoms with van der Waals surface area (Å²) in [5, 5.41) is 3.50. The molecule has 2 saturated heterocycles. The van der Waals surface area contributed by atoms with Gasteiger partial charge in [-0.15, -0.1) is 0 Å². The minimum absolute atomic E-state index is 0.520. The third kappa shape index (κ3) is 0.851. The number of hydrogen-bond donors (Lipinski definition) is 1. The standard InChI is InChI=1S/C9H14FN/c10-9-3-6-1-7(4-9)11-8(2-6)5-9/h6-8,11H,1-5H2. The molecule has 2 aliphatic carbocycles. The highest BCUT2D eigenvalue weighted by molar-refractivity contribution is 5.06. The Morgan fingerprint density at radius 1 is 1.09 bits per heavy atom. The van der Waals surface area contributed by atoms with E-state index in [1.165, 1.54) is 12.8 Å². The van der Waals surface area contributed by atoms with E-state index in [1.54, 1.807) is 0 Å². The van der Waals surface area contributed by atoms with E-state index in [1.807, 2.05) is 0 Å². The molecule has 4 aliphatic rings. The van der Waals surface area contributed by atoms with Gasteiger partial charge in [-0.2, -0.15) is 0 Å². The summed E-state index contributed by atoms with van der Waals surface area (Å²) in [7, 11) is 0. The summed E-state index contributed by atoms with van der Waals surface area (Å²) in [5.74, 6) is 0.707. The number of rotatable bonds is 0. The summed E-state index contributed by atoms with van der Waals surface area (Å²) in [6.07, 6.45) is 4.92. The first kappa shape index (κ1) is 6.41. The van der Waals surface area contributed by atoms with Crippen LogP contribution >= 0.6 is 0 Å². The fourth-order valence-corrected chi connectivity index (χ4v) is 3.47. The number of alkyl halides is 1. The Hall–Kier alpha value is -0.110. The van der Waals surface area contributed by atoms with Gasteiger partial charge < -0.3 is 5.32 Å². The second-order valence-electron chi connectivity index (χ2n) is 4.66. The molecule has 0 amide bonds. The van der Waals surface area contributed by atoms with E-state index < -0.39 is 5.67 Å². The average molecular weight is 155 g/mol. The Labute approximate surface area is 66.4 Å². The van der Waals surface area contributed by atoms with Crippen molar-refractivity contribution < 1.29 is 4.39 Å². The lowest BCUT2D eigenvalue weighted by Crippen LogP contribution is -2.61. The van der Waals surface area contributed by atoms with Gasteiger partial charge in [-0.05, 0) is 38.0 Å². The van der Waals surface area contributed by atoms with Crippen molar-refractivity contribution >= 4 is 0 Å². The molecule has 0 aromatic carbocycles. The summed E-state index contributed by atoms with van der Waals surface area (Å²) in [4.78, 5) is 0. The highest BCUT2D eigenvalue weighted by Crippen LogP contribution is 2.49. The smallest absolute Gasteiger partial charge is 0.114 e. The van der Waals surface area contributed by atoms with E-state index in [9.17, 15) is 4.39 Å². The Morgan fingerprint density at radius 2 is 1.73 bits per heavy atom. The van der Waals surface area contributed by atoms with Crippen LogP contribution in [0.5, 0.6) is 0 Å². The maximum atomic E-state index is 13.8. The van der Waals surface area contributed by atoms with Crippen LogP contribution in [0.2, 0.25) is 0 Å². The van der Waals surface area contributed by atoms with Crippen LogP contribution in [0.1, 0.15) is 32.1 Å². The minimum Gasteiger partial charge on any atom is -0.311 e. The molecular weight excluding hydrogens is 141 g/mol. The van der Waals surface area contributed by atoms with Gasteiger partial charge in [-0.1, -0.05) is 0 Å². The van der Waals surface area contributed by atoms with Gasteiger partial charge in [0.05, 0.1) is 0 Å². The van der Waals surface area contributed by atoms with Crippen molar-refractivity contribution in [1.82, 2.24) is 5.32 Å². The van der Waals surface area contributed by atoms with Crippen molar-refractivity contribution in [2.75, 3.05) is 0 Å². The molecule has 2 saturated carbocycles. The zero-order valence-corrected chi connectivity index (χ0v) is 6.65. The van der Waals surface area contributed by atoms with Crippen molar-refractivity contribution in [3.8, 4) is 0 Å². The highest BCUT2D eigenvalue weighted by Gasteiger charge is 2.51. The molecule has 2 unspecified atom stereocenters. The van der Waals surface area contributed by atoms with Crippen molar-refractivity contribution in [3.63, 3.8) is 0 Å². The number of nitrogens with one attached hydrogen (secondary N) is 1. The highest BCUT2D eigenvalue weighted by atomic mass is 19.1. The normalized spacial score (nSPS) is 60.3. The predicted molar refractivity (Wildman–Crippen MR) is 41.1 cm³/mol. The second kappa shape index (κ2) is 1.79. The van der Waals surface area contributed by atoms with Gasteiger partial charge >= 0.3 is 0 Å². The molecule has 1 N–H and O–H groups in total. The Morgan fingerprint density at radius 3 is 2.18 bits per heavy atom. The zero-order chi connectivity index (χ0) is 7.47. The molecule has 4 rings (SSSR count). The molecule has 0 aromatic heterocycles. The molecule has 4 bridgehead atoms. The monoisotopic (exact) mass is 155 g/mol. The Bertz CT molecular complexity index is 155. The van der Waals surface area contributed by atoms with Crippen molar-refractivity contribution in [3.05, 3.63) is 0 Å². The molecule has 4 fully saturated rings. The van der Waals surface area contributed by atoms with Crippen LogP contribution in [0.25, 0.3) is 0 Å². The van der Waals surface area contributed by atoms with E-state index in [0.717, 1.165) is 19.3 Å². The first-order valence-electron chi connectivity index (χ1n) is 4.68. The van der Waals surface area contributed by atoms with Gasteiger partial charge in [0, 0.05) is 12.1 Å². The van der Waals surface area contributed by atoms with E-state index in [4.69, 9.17) is 0 Å². The van der Waals surface area contributed by atoms with Crippen LogP contribution in [0.4, 0.5) is 4.39 Å². The minimum atomic E-state index is -0.762.